The molecule has 0 radical (unpaired) electrons. The van der Waals surface area contributed by atoms with E-state index in [9.17, 15) is 0 Å². The zero-order chi connectivity index (χ0) is 22.1. The molecule has 0 saturated heterocycles. The molecule has 2 aromatic rings. The van der Waals surface area contributed by atoms with Crippen molar-refractivity contribution in [2.45, 2.75) is 60.9 Å². The van der Waals surface area contributed by atoms with E-state index in [4.69, 9.17) is 13.3 Å². The van der Waals surface area contributed by atoms with Gasteiger partial charge in [0.15, 0.2) is 0 Å². The molecule has 0 fully saturated rings. The van der Waals surface area contributed by atoms with Crippen molar-refractivity contribution >= 4 is 27.3 Å². The summed E-state index contributed by atoms with van der Waals surface area (Å²) < 4.78 is 18.2. The van der Waals surface area contributed by atoms with Gasteiger partial charge in [0.2, 0.25) is 0 Å². The molecule has 0 amide bonds. The van der Waals surface area contributed by atoms with Gasteiger partial charge in [0, 0.05) is 25.9 Å². The summed E-state index contributed by atoms with van der Waals surface area (Å²) in [5.41, 5.74) is 5.35. The fourth-order valence-electron chi connectivity index (χ4n) is 4.08. The molecule has 166 valence electrons. The van der Waals surface area contributed by atoms with Gasteiger partial charge in [0.25, 0.3) is 0 Å². The van der Waals surface area contributed by atoms with Crippen LogP contribution in [0.3, 0.4) is 0 Å². The number of benzene rings is 2. The zero-order valence-corrected chi connectivity index (χ0v) is 21.8. The second-order valence-electron chi connectivity index (χ2n) is 7.93. The maximum atomic E-state index is 6.08. The molecule has 2 rings (SSSR count). The van der Waals surface area contributed by atoms with Gasteiger partial charge in [0.05, 0.1) is 0 Å². The normalized spacial score (nSPS) is 12.0. The quantitative estimate of drug-likeness (QED) is 0.305. The van der Waals surface area contributed by atoms with Crippen LogP contribution < -0.4 is 10.6 Å². The van der Waals surface area contributed by atoms with Crippen LogP contribution in [0.25, 0.3) is 0 Å². The van der Waals surface area contributed by atoms with Gasteiger partial charge in [-0.1, -0.05) is 58.7 Å². The first-order valence-electron chi connectivity index (χ1n) is 11.2. The molecule has 0 N–H and O–H groups in total. The van der Waals surface area contributed by atoms with Crippen LogP contribution in [0.5, 0.6) is 0 Å². The zero-order valence-electron chi connectivity index (χ0n) is 19.9. The number of aryl methyl sites for hydroxylation is 4. The lowest BCUT2D eigenvalue weighted by atomic mass is 10.2. The second-order valence-corrected chi connectivity index (χ2v) is 13.0. The van der Waals surface area contributed by atoms with E-state index in [-0.39, 0.29) is 0 Å². The summed E-state index contributed by atoms with van der Waals surface area (Å²) in [6.07, 6.45) is 2.15. The third kappa shape index (κ3) is 7.28. The molecule has 0 aromatic heterocycles. The predicted octanol–water partition coefficient (Wildman–Crippen LogP) is 5.79. The monoisotopic (exact) mass is 446 g/mol. The summed E-state index contributed by atoms with van der Waals surface area (Å²) >= 11 is 0. The summed E-state index contributed by atoms with van der Waals surface area (Å²) in [4.78, 5) is 0. The van der Waals surface area contributed by atoms with E-state index in [0.717, 1.165) is 18.6 Å². The molecule has 2 aromatic carbocycles. The minimum atomic E-state index is -2.60. The van der Waals surface area contributed by atoms with Crippen molar-refractivity contribution in [3.63, 3.8) is 0 Å². The molecular formula is C25H39O3PSi. The molecule has 0 heterocycles. The molecule has 30 heavy (non-hydrogen) atoms. The Labute approximate surface area is 186 Å². The predicted molar refractivity (Wildman–Crippen MR) is 133 cm³/mol. The fourth-order valence-corrected chi connectivity index (χ4v) is 9.71. The average Bonchev–Trinajstić information content (AvgIpc) is 2.64. The minimum Gasteiger partial charge on any atom is -0.374 e. The van der Waals surface area contributed by atoms with Gasteiger partial charge < -0.3 is 13.3 Å². The highest BCUT2D eigenvalue weighted by Gasteiger charge is 2.39. The van der Waals surface area contributed by atoms with Crippen LogP contribution in [-0.4, -0.2) is 34.8 Å². The summed E-state index contributed by atoms with van der Waals surface area (Å²) in [6, 6.07) is 14.9. The SMILES string of the molecule is CCO[Si](CCCP(c1cc(C)cc(C)c1)c1cc(C)cc(C)c1)(OCC)OCC. The Bertz CT molecular complexity index is 700. The van der Waals surface area contributed by atoms with Crippen molar-refractivity contribution in [2.75, 3.05) is 26.0 Å². The van der Waals surface area contributed by atoms with E-state index >= 15 is 0 Å². The van der Waals surface area contributed by atoms with Crippen LogP contribution in [0.4, 0.5) is 0 Å². The van der Waals surface area contributed by atoms with E-state index in [0.29, 0.717) is 19.8 Å². The maximum absolute atomic E-state index is 6.08. The van der Waals surface area contributed by atoms with Crippen molar-refractivity contribution in [3.8, 4) is 0 Å². The van der Waals surface area contributed by atoms with E-state index in [1.807, 2.05) is 20.8 Å². The fraction of sp³-hybridized carbons (Fsp3) is 0.520. The van der Waals surface area contributed by atoms with E-state index in [1.54, 1.807) is 0 Å². The Morgan fingerprint density at radius 1 is 0.633 bits per heavy atom. The number of hydrogen-bond donors (Lipinski definition) is 0. The van der Waals surface area contributed by atoms with Crippen molar-refractivity contribution < 1.29 is 13.3 Å². The van der Waals surface area contributed by atoms with Crippen LogP contribution in [0.15, 0.2) is 36.4 Å². The Balaban J connectivity index is 2.31. The molecule has 0 spiro atoms. The van der Waals surface area contributed by atoms with Crippen molar-refractivity contribution in [1.29, 1.82) is 0 Å². The summed E-state index contributed by atoms with van der Waals surface area (Å²) in [5.74, 6) is 0. The van der Waals surface area contributed by atoms with Crippen molar-refractivity contribution in [2.24, 2.45) is 0 Å². The second kappa shape index (κ2) is 12.1. The van der Waals surface area contributed by atoms with Gasteiger partial charge >= 0.3 is 8.80 Å². The van der Waals surface area contributed by atoms with Crippen LogP contribution >= 0.6 is 7.92 Å². The molecule has 0 atom stereocenters. The minimum absolute atomic E-state index is 0.441. The van der Waals surface area contributed by atoms with E-state index < -0.39 is 16.7 Å². The highest BCUT2D eigenvalue weighted by molar-refractivity contribution is 7.73. The van der Waals surface area contributed by atoms with Crippen molar-refractivity contribution in [3.05, 3.63) is 58.7 Å². The van der Waals surface area contributed by atoms with Gasteiger partial charge in [-0.3, -0.25) is 0 Å². The van der Waals surface area contributed by atoms with E-state index in [1.165, 1.54) is 32.9 Å². The van der Waals surface area contributed by atoms with E-state index in [2.05, 4.69) is 64.1 Å². The largest absolute Gasteiger partial charge is 0.500 e. The Kier molecular flexibility index (Phi) is 10.2. The number of rotatable bonds is 12. The smallest absolute Gasteiger partial charge is 0.374 e. The first kappa shape index (κ1) is 25.2. The number of hydrogen-bond acceptors (Lipinski definition) is 3. The average molecular weight is 447 g/mol. The molecular weight excluding hydrogens is 407 g/mol. The third-order valence-corrected chi connectivity index (χ3v) is 10.7. The lowest BCUT2D eigenvalue weighted by Gasteiger charge is -2.29. The first-order chi connectivity index (χ1) is 14.3. The van der Waals surface area contributed by atoms with Gasteiger partial charge in [-0.05, 0) is 79.6 Å². The molecule has 3 nitrogen and oxygen atoms in total. The third-order valence-electron chi connectivity index (χ3n) is 4.99. The molecule has 0 bridgehead atoms. The lowest BCUT2D eigenvalue weighted by Crippen LogP contribution is -2.46. The van der Waals surface area contributed by atoms with Crippen molar-refractivity contribution in [1.82, 2.24) is 0 Å². The topological polar surface area (TPSA) is 27.7 Å². The Hall–Kier alpha value is -1.03. The lowest BCUT2D eigenvalue weighted by molar-refractivity contribution is 0.0712. The molecule has 0 unspecified atom stereocenters. The van der Waals surface area contributed by atoms with Crippen LogP contribution in [-0.2, 0) is 13.3 Å². The van der Waals surface area contributed by atoms with Crippen LogP contribution in [0.2, 0.25) is 6.04 Å². The first-order valence-corrected chi connectivity index (χ1v) is 14.6. The summed E-state index contributed by atoms with van der Waals surface area (Å²) in [7, 11) is -3.04. The van der Waals surface area contributed by atoms with Crippen LogP contribution in [0, 0.1) is 27.7 Å². The molecule has 0 aliphatic heterocycles. The molecule has 0 saturated carbocycles. The van der Waals surface area contributed by atoms with Gasteiger partial charge in [-0.2, -0.15) is 0 Å². The highest BCUT2D eigenvalue weighted by Crippen LogP contribution is 2.37. The summed E-state index contributed by atoms with van der Waals surface area (Å²) in [6.45, 7) is 16.8. The molecule has 5 heteroatoms. The standard InChI is InChI=1S/C25H39O3PSi/c1-8-26-30(27-9-2,28-10-3)13-11-12-29(24-16-20(4)14-21(5)17-24)25-18-22(6)15-23(7)19-25/h14-19H,8-13H2,1-7H3. The van der Waals surface area contributed by atoms with Gasteiger partial charge in [-0.15, -0.1) is 0 Å². The summed E-state index contributed by atoms with van der Waals surface area (Å²) in [5, 5.41) is 2.92. The van der Waals surface area contributed by atoms with Crippen LogP contribution in [0.1, 0.15) is 49.4 Å². The highest BCUT2D eigenvalue weighted by atomic mass is 31.1. The Morgan fingerprint density at radius 2 is 1.00 bits per heavy atom. The maximum Gasteiger partial charge on any atom is 0.500 e. The molecule has 0 aliphatic rings. The molecule has 0 aliphatic carbocycles. The van der Waals surface area contributed by atoms with Gasteiger partial charge in [0.1, 0.15) is 0 Å². The van der Waals surface area contributed by atoms with Gasteiger partial charge in [-0.25, -0.2) is 0 Å². The Morgan fingerprint density at radius 3 is 1.33 bits per heavy atom.